The van der Waals surface area contributed by atoms with Gasteiger partial charge in [0.1, 0.15) is 6.07 Å². The van der Waals surface area contributed by atoms with Crippen LogP contribution in [0.2, 0.25) is 0 Å². The molecule has 1 aromatic carbocycles. The normalized spacial score (nSPS) is 23.7. The largest absolute Gasteiger partial charge is 0.396 e. The molecule has 1 aromatic rings. The van der Waals surface area contributed by atoms with Gasteiger partial charge >= 0.3 is 0 Å². The van der Waals surface area contributed by atoms with Gasteiger partial charge in [0.15, 0.2) is 0 Å². The highest BCUT2D eigenvalue weighted by Crippen LogP contribution is 2.25. The van der Waals surface area contributed by atoms with Crippen molar-refractivity contribution in [1.82, 2.24) is 5.32 Å². The Bertz CT molecular complexity index is 455. The summed E-state index contributed by atoms with van der Waals surface area (Å²) in [4.78, 5) is 2.28. The van der Waals surface area contributed by atoms with Gasteiger partial charge in [-0.25, -0.2) is 0 Å². The number of rotatable bonds is 3. The monoisotopic (exact) mass is 259 g/mol. The van der Waals surface area contributed by atoms with E-state index in [1.165, 1.54) is 0 Å². The van der Waals surface area contributed by atoms with Crippen LogP contribution in [0.1, 0.15) is 18.9 Å². The second-order valence-corrected chi connectivity index (χ2v) is 5.21. The summed E-state index contributed by atoms with van der Waals surface area (Å²) in [6.45, 7) is 5.12. The average Bonchev–Trinajstić information content (AvgIpc) is 2.61. The summed E-state index contributed by atoms with van der Waals surface area (Å²) in [6.07, 6.45) is 0.722. The summed E-state index contributed by atoms with van der Waals surface area (Å²) in [5.74, 6) is 0.524. The predicted octanol–water partition coefficient (Wildman–Crippen LogP) is 1.35. The Morgan fingerprint density at radius 2 is 2.21 bits per heavy atom. The lowest BCUT2D eigenvalue weighted by Crippen LogP contribution is -2.41. The zero-order valence-electron chi connectivity index (χ0n) is 11.3. The van der Waals surface area contributed by atoms with Crippen LogP contribution in [-0.2, 0) is 0 Å². The quantitative estimate of drug-likeness (QED) is 0.860. The van der Waals surface area contributed by atoms with E-state index < -0.39 is 0 Å². The molecule has 2 atom stereocenters. The lowest BCUT2D eigenvalue weighted by molar-refractivity contribution is 0.272. The van der Waals surface area contributed by atoms with E-state index in [4.69, 9.17) is 0 Å². The molecule has 19 heavy (non-hydrogen) atoms. The summed E-state index contributed by atoms with van der Waals surface area (Å²) in [6, 6.07) is 10.2. The number of nitrogens with zero attached hydrogens (tertiary/aromatic N) is 2. The predicted molar refractivity (Wildman–Crippen MR) is 76.0 cm³/mol. The van der Waals surface area contributed by atoms with Gasteiger partial charge in [-0.05, 0) is 31.0 Å². The first-order valence-corrected chi connectivity index (χ1v) is 6.83. The van der Waals surface area contributed by atoms with E-state index in [-0.39, 0.29) is 12.6 Å². The lowest BCUT2D eigenvalue weighted by Gasteiger charge is -2.33. The number of para-hydroxylation sites is 1. The molecule has 1 heterocycles. The van der Waals surface area contributed by atoms with Crippen molar-refractivity contribution in [3.8, 4) is 6.07 Å². The molecule has 4 nitrogen and oxygen atoms in total. The van der Waals surface area contributed by atoms with Crippen LogP contribution in [0, 0.1) is 17.2 Å². The topological polar surface area (TPSA) is 59.3 Å². The molecule has 0 radical (unpaired) electrons. The Morgan fingerprint density at radius 1 is 1.42 bits per heavy atom. The fourth-order valence-corrected chi connectivity index (χ4v) is 2.68. The van der Waals surface area contributed by atoms with Gasteiger partial charge < -0.3 is 15.3 Å². The molecule has 0 amide bonds. The average molecular weight is 259 g/mol. The minimum absolute atomic E-state index is 0.173. The molecule has 0 spiro atoms. The minimum atomic E-state index is 0.173. The maximum absolute atomic E-state index is 9.26. The third-order valence-electron chi connectivity index (χ3n) is 3.62. The number of aliphatic hydroxyl groups excluding tert-OH is 1. The molecule has 1 saturated heterocycles. The second kappa shape index (κ2) is 6.55. The van der Waals surface area contributed by atoms with Crippen LogP contribution < -0.4 is 10.2 Å². The molecule has 2 rings (SSSR count). The number of hydrogen-bond acceptors (Lipinski definition) is 4. The van der Waals surface area contributed by atoms with E-state index >= 15 is 0 Å². The molecule has 4 heteroatoms. The number of anilines is 1. The third kappa shape index (κ3) is 3.25. The van der Waals surface area contributed by atoms with Gasteiger partial charge in [0.2, 0.25) is 0 Å². The molecule has 1 aliphatic heterocycles. The van der Waals surface area contributed by atoms with Crippen LogP contribution in [0.3, 0.4) is 0 Å². The Labute approximate surface area is 114 Å². The van der Waals surface area contributed by atoms with Gasteiger partial charge in [0, 0.05) is 25.7 Å². The van der Waals surface area contributed by atoms with Crippen molar-refractivity contribution < 1.29 is 5.11 Å². The highest BCUT2D eigenvalue weighted by atomic mass is 16.3. The van der Waals surface area contributed by atoms with Gasteiger partial charge in [0.05, 0.1) is 11.3 Å². The van der Waals surface area contributed by atoms with E-state index in [9.17, 15) is 10.4 Å². The summed E-state index contributed by atoms with van der Waals surface area (Å²) < 4.78 is 0. The molecule has 0 saturated carbocycles. The first kappa shape index (κ1) is 13.9. The standard InChI is InChI=1S/C15H21N3O/c1-12-9-17-10-14(6-7-19)18(11-12)15-5-3-2-4-13(15)8-16/h2-5,12,14,17,19H,6-7,9-11H2,1H3. The summed E-state index contributed by atoms with van der Waals surface area (Å²) in [5, 5.41) is 21.9. The molecule has 102 valence electrons. The molecule has 0 aliphatic carbocycles. The fourth-order valence-electron chi connectivity index (χ4n) is 2.68. The van der Waals surface area contributed by atoms with Gasteiger partial charge in [-0.15, -0.1) is 0 Å². The zero-order valence-corrected chi connectivity index (χ0v) is 11.3. The van der Waals surface area contributed by atoms with Crippen LogP contribution in [0.25, 0.3) is 0 Å². The van der Waals surface area contributed by atoms with Gasteiger partial charge in [0.25, 0.3) is 0 Å². The highest BCUT2D eigenvalue weighted by Gasteiger charge is 2.25. The minimum Gasteiger partial charge on any atom is -0.396 e. The van der Waals surface area contributed by atoms with Crippen molar-refractivity contribution >= 4 is 5.69 Å². The fraction of sp³-hybridized carbons (Fsp3) is 0.533. The Morgan fingerprint density at radius 3 is 2.95 bits per heavy atom. The van der Waals surface area contributed by atoms with Gasteiger partial charge in [-0.1, -0.05) is 19.1 Å². The molecular weight excluding hydrogens is 238 g/mol. The molecule has 2 N–H and O–H groups in total. The SMILES string of the molecule is CC1CNCC(CCO)N(c2ccccc2C#N)C1. The van der Waals surface area contributed by atoms with E-state index in [1.807, 2.05) is 24.3 Å². The Kier molecular flexibility index (Phi) is 4.78. The molecule has 0 aromatic heterocycles. The van der Waals surface area contributed by atoms with Crippen molar-refractivity contribution in [2.75, 3.05) is 31.1 Å². The van der Waals surface area contributed by atoms with Crippen LogP contribution in [0.15, 0.2) is 24.3 Å². The number of nitrogens with one attached hydrogen (secondary N) is 1. The van der Waals surface area contributed by atoms with Crippen molar-refractivity contribution in [2.45, 2.75) is 19.4 Å². The first-order chi connectivity index (χ1) is 9.26. The Hall–Kier alpha value is -1.57. The third-order valence-corrected chi connectivity index (χ3v) is 3.62. The molecule has 1 aliphatic rings. The molecular formula is C15H21N3O. The van der Waals surface area contributed by atoms with Crippen molar-refractivity contribution in [1.29, 1.82) is 5.26 Å². The van der Waals surface area contributed by atoms with Crippen LogP contribution in [-0.4, -0.2) is 37.4 Å². The van der Waals surface area contributed by atoms with Crippen molar-refractivity contribution in [2.24, 2.45) is 5.92 Å². The van der Waals surface area contributed by atoms with Crippen LogP contribution in [0.4, 0.5) is 5.69 Å². The molecule has 2 unspecified atom stereocenters. The summed E-state index contributed by atoms with van der Waals surface area (Å²) >= 11 is 0. The van der Waals surface area contributed by atoms with Crippen LogP contribution >= 0.6 is 0 Å². The van der Waals surface area contributed by atoms with E-state index in [0.29, 0.717) is 11.5 Å². The van der Waals surface area contributed by atoms with E-state index in [1.54, 1.807) is 0 Å². The van der Waals surface area contributed by atoms with E-state index in [2.05, 4.69) is 23.2 Å². The van der Waals surface area contributed by atoms with E-state index in [0.717, 1.165) is 31.7 Å². The maximum atomic E-state index is 9.26. The first-order valence-electron chi connectivity index (χ1n) is 6.83. The number of nitriles is 1. The number of aliphatic hydroxyl groups is 1. The lowest BCUT2D eigenvalue weighted by atomic mass is 10.1. The van der Waals surface area contributed by atoms with Gasteiger partial charge in [-0.3, -0.25) is 0 Å². The van der Waals surface area contributed by atoms with Crippen LogP contribution in [0.5, 0.6) is 0 Å². The smallest absolute Gasteiger partial charge is 0.101 e. The molecule has 0 bridgehead atoms. The second-order valence-electron chi connectivity index (χ2n) is 5.21. The summed E-state index contributed by atoms with van der Waals surface area (Å²) in [7, 11) is 0. The maximum Gasteiger partial charge on any atom is 0.101 e. The summed E-state index contributed by atoms with van der Waals surface area (Å²) in [5.41, 5.74) is 1.69. The highest BCUT2D eigenvalue weighted by molar-refractivity contribution is 5.60. The number of hydrogen-bond donors (Lipinski definition) is 2. The number of benzene rings is 1. The Balaban J connectivity index is 2.33. The molecule has 1 fully saturated rings. The zero-order chi connectivity index (χ0) is 13.7. The van der Waals surface area contributed by atoms with Gasteiger partial charge in [-0.2, -0.15) is 5.26 Å². The van der Waals surface area contributed by atoms with Crippen molar-refractivity contribution in [3.63, 3.8) is 0 Å². The van der Waals surface area contributed by atoms with Crippen molar-refractivity contribution in [3.05, 3.63) is 29.8 Å².